The van der Waals surface area contributed by atoms with Crippen molar-refractivity contribution in [3.05, 3.63) is 37.0 Å². The fraction of sp³-hybridized carbons (Fsp3) is 0.333. The Balaban J connectivity index is 3.40. The lowest BCUT2D eigenvalue weighted by Gasteiger charge is -2.03. The fourth-order valence-corrected chi connectivity index (χ4v) is 0.476. The molecule has 1 heteroatoms. The minimum atomic E-state index is 0.807. The summed E-state index contributed by atoms with van der Waals surface area (Å²) >= 11 is 0. The Morgan fingerprint density at radius 1 is 1.50 bits per heavy atom. The lowest BCUT2D eigenvalue weighted by Crippen LogP contribution is -2.16. The summed E-state index contributed by atoms with van der Waals surface area (Å²) in [6, 6.07) is 0. The van der Waals surface area contributed by atoms with Crippen molar-refractivity contribution in [2.75, 3.05) is 13.1 Å². The molecular formula is C9H15N. The van der Waals surface area contributed by atoms with E-state index in [9.17, 15) is 0 Å². The van der Waals surface area contributed by atoms with Crippen LogP contribution in [0.4, 0.5) is 0 Å². The van der Waals surface area contributed by atoms with E-state index in [1.165, 1.54) is 0 Å². The molecular weight excluding hydrogens is 122 g/mol. The van der Waals surface area contributed by atoms with Crippen LogP contribution >= 0.6 is 0 Å². The molecule has 56 valence electrons. The average molecular weight is 137 g/mol. The van der Waals surface area contributed by atoms with E-state index in [0.29, 0.717) is 0 Å². The Labute approximate surface area is 63.1 Å². The molecule has 0 spiro atoms. The maximum Gasteiger partial charge on any atom is 0.0204 e. The van der Waals surface area contributed by atoms with Gasteiger partial charge in [-0.2, -0.15) is 0 Å². The molecule has 0 heterocycles. The molecule has 0 aromatic carbocycles. The summed E-state index contributed by atoms with van der Waals surface area (Å²) in [5, 5.41) is 3.14. The van der Waals surface area contributed by atoms with E-state index < -0.39 is 0 Å². The van der Waals surface area contributed by atoms with Crippen LogP contribution in [0.5, 0.6) is 0 Å². The molecule has 1 nitrogen and oxygen atoms in total. The molecule has 0 amide bonds. The molecule has 0 saturated heterocycles. The zero-order chi connectivity index (χ0) is 7.98. The fourth-order valence-electron chi connectivity index (χ4n) is 0.476. The van der Waals surface area contributed by atoms with E-state index >= 15 is 0 Å². The molecule has 0 bridgehead atoms. The first-order chi connectivity index (χ1) is 4.68. The van der Waals surface area contributed by atoms with Crippen LogP contribution in [0.3, 0.4) is 0 Å². The molecule has 10 heavy (non-hydrogen) atoms. The van der Waals surface area contributed by atoms with Crippen molar-refractivity contribution in [1.29, 1.82) is 0 Å². The normalized spacial score (nSPS) is 8.90. The predicted octanol–water partition coefficient (Wildman–Crippen LogP) is 1.89. The smallest absolute Gasteiger partial charge is 0.0204 e. The first kappa shape index (κ1) is 9.18. The monoisotopic (exact) mass is 137 g/mol. The van der Waals surface area contributed by atoms with E-state index in [1.807, 2.05) is 13.0 Å². The van der Waals surface area contributed by atoms with Crippen LogP contribution in [0.15, 0.2) is 37.0 Å². The quantitative estimate of drug-likeness (QED) is 0.346. The van der Waals surface area contributed by atoms with E-state index in [2.05, 4.69) is 25.1 Å². The highest BCUT2D eigenvalue weighted by Gasteiger charge is 1.90. The van der Waals surface area contributed by atoms with Crippen molar-refractivity contribution >= 4 is 0 Å². The summed E-state index contributed by atoms with van der Waals surface area (Å²) in [6.07, 6.45) is 1.83. The topological polar surface area (TPSA) is 12.0 Å². The Bertz CT molecular complexity index is 145. The Morgan fingerprint density at radius 2 is 2.10 bits per heavy atom. The van der Waals surface area contributed by atoms with Gasteiger partial charge in [0.25, 0.3) is 0 Å². The minimum Gasteiger partial charge on any atom is -0.309 e. The zero-order valence-electron chi connectivity index (χ0n) is 6.61. The number of rotatable bonds is 5. The third-order valence-electron chi connectivity index (χ3n) is 1.23. The molecule has 0 aliphatic carbocycles. The molecule has 0 unspecified atom stereocenters. The zero-order valence-corrected chi connectivity index (χ0v) is 6.61. The highest BCUT2D eigenvalue weighted by molar-refractivity contribution is 5.23. The molecule has 0 aliphatic heterocycles. The Morgan fingerprint density at radius 3 is 2.50 bits per heavy atom. The predicted molar refractivity (Wildman–Crippen MR) is 47.0 cm³/mol. The lowest BCUT2D eigenvalue weighted by molar-refractivity contribution is 0.821. The maximum atomic E-state index is 3.83. The third-order valence-corrected chi connectivity index (χ3v) is 1.23. The van der Waals surface area contributed by atoms with Gasteiger partial charge in [0.15, 0.2) is 0 Å². The second kappa shape index (κ2) is 5.00. The summed E-state index contributed by atoms with van der Waals surface area (Å²) in [5.41, 5.74) is 2.10. The van der Waals surface area contributed by atoms with Crippen molar-refractivity contribution < 1.29 is 0 Å². The number of hydrogen-bond donors (Lipinski definition) is 1. The summed E-state index contributed by atoms with van der Waals surface area (Å²) in [4.78, 5) is 0. The van der Waals surface area contributed by atoms with Crippen LogP contribution in [-0.4, -0.2) is 13.1 Å². The molecule has 0 fully saturated rings. The van der Waals surface area contributed by atoms with Gasteiger partial charge < -0.3 is 5.32 Å². The van der Waals surface area contributed by atoms with Crippen molar-refractivity contribution in [2.45, 2.75) is 6.92 Å². The van der Waals surface area contributed by atoms with Crippen molar-refractivity contribution in [3.63, 3.8) is 0 Å². The van der Waals surface area contributed by atoms with E-state index in [-0.39, 0.29) is 0 Å². The summed E-state index contributed by atoms with van der Waals surface area (Å²) in [6.45, 7) is 14.8. The summed E-state index contributed by atoms with van der Waals surface area (Å²) < 4.78 is 0. The third kappa shape index (κ3) is 4.10. The standard InChI is InChI=1S/C9H15N/c1-5-6-10-7-9(4)8(2)3/h5,10H,1-2,4,6-7H2,3H3. The van der Waals surface area contributed by atoms with E-state index in [1.54, 1.807) is 0 Å². The van der Waals surface area contributed by atoms with Crippen molar-refractivity contribution in [3.8, 4) is 0 Å². The van der Waals surface area contributed by atoms with Gasteiger partial charge in [0.2, 0.25) is 0 Å². The number of nitrogens with one attached hydrogen (secondary N) is 1. The van der Waals surface area contributed by atoms with Crippen LogP contribution in [0, 0.1) is 0 Å². The first-order valence-electron chi connectivity index (χ1n) is 3.33. The Hall–Kier alpha value is -0.820. The first-order valence-corrected chi connectivity index (χ1v) is 3.33. The molecule has 1 N–H and O–H groups in total. The van der Waals surface area contributed by atoms with Gasteiger partial charge in [-0.15, -0.1) is 6.58 Å². The van der Waals surface area contributed by atoms with Crippen LogP contribution in [0.25, 0.3) is 0 Å². The molecule has 0 radical (unpaired) electrons. The van der Waals surface area contributed by atoms with E-state index in [0.717, 1.165) is 24.2 Å². The van der Waals surface area contributed by atoms with Gasteiger partial charge in [-0.3, -0.25) is 0 Å². The number of hydrogen-bond acceptors (Lipinski definition) is 1. The van der Waals surface area contributed by atoms with Crippen LogP contribution < -0.4 is 5.32 Å². The molecule has 0 aromatic rings. The van der Waals surface area contributed by atoms with Crippen molar-refractivity contribution in [1.82, 2.24) is 5.32 Å². The second-order valence-electron chi connectivity index (χ2n) is 2.30. The maximum absolute atomic E-state index is 3.83. The van der Waals surface area contributed by atoms with E-state index in [4.69, 9.17) is 0 Å². The highest BCUT2D eigenvalue weighted by atomic mass is 14.8. The molecule has 0 aliphatic rings. The largest absolute Gasteiger partial charge is 0.309 e. The summed E-state index contributed by atoms with van der Waals surface area (Å²) in [5.74, 6) is 0. The highest BCUT2D eigenvalue weighted by Crippen LogP contribution is 1.99. The molecule has 0 saturated carbocycles. The van der Waals surface area contributed by atoms with Crippen LogP contribution in [0.2, 0.25) is 0 Å². The van der Waals surface area contributed by atoms with Crippen LogP contribution in [0.1, 0.15) is 6.92 Å². The van der Waals surface area contributed by atoms with Gasteiger partial charge in [-0.05, 0) is 12.5 Å². The average Bonchev–Trinajstić information content (AvgIpc) is 1.88. The second-order valence-corrected chi connectivity index (χ2v) is 2.30. The van der Waals surface area contributed by atoms with Gasteiger partial charge in [-0.1, -0.05) is 24.8 Å². The van der Waals surface area contributed by atoms with Gasteiger partial charge in [0.05, 0.1) is 0 Å². The van der Waals surface area contributed by atoms with Gasteiger partial charge in [0, 0.05) is 13.1 Å². The SMILES string of the molecule is C=CCNCC(=C)C(=C)C. The lowest BCUT2D eigenvalue weighted by atomic mass is 10.1. The molecule has 0 rings (SSSR count). The van der Waals surface area contributed by atoms with Gasteiger partial charge >= 0.3 is 0 Å². The summed E-state index contributed by atoms with van der Waals surface area (Å²) in [7, 11) is 0. The van der Waals surface area contributed by atoms with Crippen LogP contribution in [-0.2, 0) is 0 Å². The molecule has 0 aromatic heterocycles. The minimum absolute atomic E-state index is 0.807. The van der Waals surface area contributed by atoms with Gasteiger partial charge in [0.1, 0.15) is 0 Å². The van der Waals surface area contributed by atoms with Crippen molar-refractivity contribution in [2.24, 2.45) is 0 Å². The van der Waals surface area contributed by atoms with Gasteiger partial charge in [-0.25, -0.2) is 0 Å². The molecule has 0 atom stereocenters. The Kier molecular flexibility index (Phi) is 4.59.